The molecule has 1 aliphatic rings. The van der Waals surface area contributed by atoms with E-state index < -0.39 is 10.0 Å². The zero-order chi connectivity index (χ0) is 14.8. The van der Waals surface area contributed by atoms with Crippen molar-refractivity contribution in [1.82, 2.24) is 9.71 Å². The molecule has 1 heterocycles. The summed E-state index contributed by atoms with van der Waals surface area (Å²) in [5.74, 6) is 0.833. The predicted octanol–water partition coefficient (Wildman–Crippen LogP) is 1.87. The van der Waals surface area contributed by atoms with Crippen LogP contribution < -0.4 is 10.3 Å². The lowest BCUT2D eigenvalue weighted by Gasteiger charge is -2.34. The second kappa shape index (κ2) is 6.10. The zero-order valence-electron chi connectivity index (χ0n) is 11.9. The van der Waals surface area contributed by atoms with Crippen LogP contribution in [0.25, 0.3) is 0 Å². The third-order valence-electron chi connectivity index (χ3n) is 4.05. The molecule has 0 saturated heterocycles. The van der Waals surface area contributed by atoms with Gasteiger partial charge in [0.15, 0.2) is 0 Å². The van der Waals surface area contributed by atoms with Crippen LogP contribution in [0.15, 0.2) is 28.0 Å². The molecule has 2 rings (SSSR count). The van der Waals surface area contributed by atoms with Crippen LogP contribution in [0.5, 0.6) is 0 Å². The molecule has 112 valence electrons. The molecule has 2 unspecified atom stereocenters. The number of hydrogen-bond acceptors (Lipinski definition) is 3. The molecule has 0 aromatic carbocycles. The van der Waals surface area contributed by atoms with Gasteiger partial charge in [0.25, 0.3) is 0 Å². The molecular formula is C14H22N2O3S. The molecule has 0 aliphatic heterocycles. The summed E-state index contributed by atoms with van der Waals surface area (Å²) in [6.07, 6.45) is 5.42. The number of aromatic amines is 1. The van der Waals surface area contributed by atoms with Crippen LogP contribution in [0.2, 0.25) is 0 Å². The maximum absolute atomic E-state index is 12.3. The van der Waals surface area contributed by atoms with E-state index in [2.05, 4.69) is 23.6 Å². The minimum Gasteiger partial charge on any atom is -0.328 e. The summed E-state index contributed by atoms with van der Waals surface area (Å²) in [5, 5.41) is 0. The molecule has 1 aromatic rings. The van der Waals surface area contributed by atoms with Crippen LogP contribution in [0.4, 0.5) is 0 Å². The third-order valence-corrected chi connectivity index (χ3v) is 5.54. The summed E-state index contributed by atoms with van der Waals surface area (Å²) in [6.45, 7) is 4.27. The van der Waals surface area contributed by atoms with Crippen molar-refractivity contribution in [3.63, 3.8) is 0 Å². The minimum atomic E-state index is -3.56. The minimum absolute atomic E-state index is 0.0133. The van der Waals surface area contributed by atoms with Crippen LogP contribution in [-0.2, 0) is 10.0 Å². The average Bonchev–Trinajstić information content (AvgIpc) is 2.39. The molecule has 2 atom stereocenters. The van der Waals surface area contributed by atoms with E-state index in [0.717, 1.165) is 19.3 Å². The maximum Gasteiger partial charge on any atom is 0.247 e. The first-order valence-electron chi connectivity index (χ1n) is 7.11. The fourth-order valence-electron chi connectivity index (χ4n) is 2.93. The first kappa shape index (κ1) is 15.3. The van der Waals surface area contributed by atoms with E-state index in [4.69, 9.17) is 0 Å². The monoisotopic (exact) mass is 298 g/mol. The Kier molecular flexibility index (Phi) is 4.65. The maximum atomic E-state index is 12.3. The first-order chi connectivity index (χ1) is 9.40. The third kappa shape index (κ3) is 3.49. The molecule has 6 heteroatoms. The van der Waals surface area contributed by atoms with E-state index >= 15 is 0 Å². The van der Waals surface area contributed by atoms with Gasteiger partial charge in [-0.05, 0) is 30.7 Å². The number of pyridine rings is 1. The van der Waals surface area contributed by atoms with Gasteiger partial charge in [-0.25, -0.2) is 13.1 Å². The number of rotatable bonds is 4. The van der Waals surface area contributed by atoms with Gasteiger partial charge in [0.2, 0.25) is 15.6 Å². The summed E-state index contributed by atoms with van der Waals surface area (Å²) in [4.78, 5) is 13.5. The van der Waals surface area contributed by atoms with Crippen molar-refractivity contribution in [3.8, 4) is 0 Å². The summed E-state index contributed by atoms with van der Waals surface area (Å²) in [6, 6.07) is 2.56. The van der Waals surface area contributed by atoms with E-state index in [9.17, 15) is 13.2 Å². The number of sulfonamides is 1. The van der Waals surface area contributed by atoms with Crippen LogP contribution in [0.3, 0.4) is 0 Å². The smallest absolute Gasteiger partial charge is 0.247 e. The van der Waals surface area contributed by atoms with Gasteiger partial charge in [-0.1, -0.05) is 26.7 Å². The Hall–Kier alpha value is -1.14. The largest absolute Gasteiger partial charge is 0.328 e. The fourth-order valence-corrected chi connectivity index (χ4v) is 4.22. The summed E-state index contributed by atoms with van der Waals surface area (Å²) < 4.78 is 27.5. The van der Waals surface area contributed by atoms with Crippen molar-refractivity contribution in [3.05, 3.63) is 28.7 Å². The Labute approximate surface area is 119 Å². The highest BCUT2D eigenvalue weighted by atomic mass is 32.2. The highest BCUT2D eigenvalue weighted by Gasteiger charge is 2.31. The average molecular weight is 298 g/mol. The number of nitrogens with one attached hydrogen (secondary N) is 2. The van der Waals surface area contributed by atoms with Crippen molar-refractivity contribution in [1.29, 1.82) is 0 Å². The quantitative estimate of drug-likeness (QED) is 0.890. The summed E-state index contributed by atoms with van der Waals surface area (Å²) in [5.41, 5.74) is -0.304. The Balaban J connectivity index is 2.18. The Morgan fingerprint density at radius 3 is 2.55 bits per heavy atom. The summed E-state index contributed by atoms with van der Waals surface area (Å²) in [7, 11) is -3.56. The Morgan fingerprint density at radius 1 is 1.25 bits per heavy atom. The Bertz CT molecular complexity index is 587. The number of hydrogen-bond donors (Lipinski definition) is 2. The van der Waals surface area contributed by atoms with E-state index in [1.165, 1.54) is 24.8 Å². The SMILES string of the molecule is CC(C)C1CCCCC1NS(=O)(=O)c1ccc(=O)[nH]c1. The van der Waals surface area contributed by atoms with E-state index in [1.807, 2.05) is 0 Å². The molecule has 1 fully saturated rings. The van der Waals surface area contributed by atoms with Gasteiger partial charge in [0.1, 0.15) is 0 Å². The van der Waals surface area contributed by atoms with Crippen molar-refractivity contribution < 1.29 is 8.42 Å². The molecular weight excluding hydrogens is 276 g/mol. The lowest BCUT2D eigenvalue weighted by molar-refractivity contribution is 0.226. The normalized spacial score (nSPS) is 23.9. The van der Waals surface area contributed by atoms with Gasteiger partial charge in [-0.2, -0.15) is 0 Å². The van der Waals surface area contributed by atoms with Crippen molar-refractivity contribution in [2.45, 2.75) is 50.5 Å². The Morgan fingerprint density at radius 2 is 1.95 bits per heavy atom. The molecule has 5 nitrogen and oxygen atoms in total. The summed E-state index contributed by atoms with van der Waals surface area (Å²) >= 11 is 0. The molecule has 0 amide bonds. The van der Waals surface area contributed by atoms with Gasteiger partial charge in [0.05, 0.1) is 4.90 Å². The van der Waals surface area contributed by atoms with Crippen LogP contribution in [0, 0.1) is 11.8 Å². The van der Waals surface area contributed by atoms with Crippen molar-refractivity contribution in [2.75, 3.05) is 0 Å². The lowest BCUT2D eigenvalue weighted by atomic mass is 9.78. The van der Waals surface area contributed by atoms with E-state index in [0.29, 0.717) is 11.8 Å². The lowest BCUT2D eigenvalue weighted by Crippen LogP contribution is -2.43. The molecule has 1 aliphatic carbocycles. The topological polar surface area (TPSA) is 79.0 Å². The van der Waals surface area contributed by atoms with Gasteiger partial charge in [0, 0.05) is 18.3 Å². The van der Waals surface area contributed by atoms with Crippen molar-refractivity contribution >= 4 is 10.0 Å². The predicted molar refractivity (Wildman–Crippen MR) is 78.0 cm³/mol. The molecule has 0 radical (unpaired) electrons. The first-order valence-corrected chi connectivity index (χ1v) is 8.59. The van der Waals surface area contributed by atoms with Crippen molar-refractivity contribution in [2.24, 2.45) is 11.8 Å². The molecule has 2 N–H and O–H groups in total. The van der Waals surface area contributed by atoms with E-state index in [1.54, 1.807) is 0 Å². The second-order valence-corrected chi connectivity index (χ2v) is 7.52. The standard InChI is InChI=1S/C14H22N2O3S/c1-10(2)12-5-3-4-6-13(12)16-20(18,19)11-7-8-14(17)15-9-11/h7-10,12-13,16H,3-6H2,1-2H3,(H,15,17). The molecule has 0 bridgehead atoms. The highest BCUT2D eigenvalue weighted by Crippen LogP contribution is 2.31. The number of H-pyrrole nitrogens is 1. The zero-order valence-corrected chi connectivity index (χ0v) is 12.7. The highest BCUT2D eigenvalue weighted by molar-refractivity contribution is 7.89. The van der Waals surface area contributed by atoms with E-state index in [-0.39, 0.29) is 16.5 Å². The van der Waals surface area contributed by atoms with Crippen LogP contribution in [0.1, 0.15) is 39.5 Å². The molecule has 1 saturated carbocycles. The fraction of sp³-hybridized carbons (Fsp3) is 0.643. The van der Waals surface area contributed by atoms with Crippen LogP contribution in [-0.4, -0.2) is 19.4 Å². The van der Waals surface area contributed by atoms with Gasteiger partial charge in [-0.3, -0.25) is 4.79 Å². The van der Waals surface area contributed by atoms with Gasteiger partial charge < -0.3 is 4.98 Å². The number of aromatic nitrogens is 1. The van der Waals surface area contributed by atoms with Gasteiger partial charge >= 0.3 is 0 Å². The molecule has 1 aromatic heterocycles. The second-order valence-electron chi connectivity index (χ2n) is 5.81. The molecule has 20 heavy (non-hydrogen) atoms. The van der Waals surface area contributed by atoms with Gasteiger partial charge in [-0.15, -0.1) is 0 Å². The molecule has 0 spiro atoms. The van der Waals surface area contributed by atoms with Crippen LogP contribution >= 0.6 is 0 Å².